The predicted octanol–water partition coefficient (Wildman–Crippen LogP) is 1.13. The molecule has 6 heavy (non-hydrogen) atoms. The standard InChI is InChI=1S/C4H4ClO/c1-3(2)4(5)6/h1H,2H3/q+1. The van der Waals surface area contributed by atoms with E-state index in [0.29, 0.717) is 0 Å². The zero-order valence-electron chi connectivity index (χ0n) is 3.36. The Morgan fingerprint density at radius 2 is 2.00 bits per heavy atom. The Kier molecular flexibility index (Phi) is 1.78. The third kappa shape index (κ3) is 1.89. The van der Waals surface area contributed by atoms with Crippen LogP contribution in [-0.4, -0.2) is 5.24 Å². The van der Waals surface area contributed by atoms with Crippen LogP contribution in [0.4, 0.5) is 0 Å². The van der Waals surface area contributed by atoms with E-state index < -0.39 is 5.24 Å². The SMILES string of the molecule is [CH+]=C(C)C(=O)Cl. The molecule has 0 saturated carbocycles. The van der Waals surface area contributed by atoms with Crippen molar-refractivity contribution in [2.24, 2.45) is 0 Å². The first-order valence-electron chi connectivity index (χ1n) is 1.43. The van der Waals surface area contributed by atoms with Crippen LogP contribution in [0.1, 0.15) is 6.92 Å². The van der Waals surface area contributed by atoms with Crippen LogP contribution >= 0.6 is 11.6 Å². The molecule has 32 valence electrons. The maximum absolute atomic E-state index is 9.75. The molecule has 0 aliphatic carbocycles. The summed E-state index contributed by atoms with van der Waals surface area (Å²) in [5.74, 6) is 0. The molecule has 2 heteroatoms. The summed E-state index contributed by atoms with van der Waals surface area (Å²) in [4.78, 5) is 9.75. The van der Waals surface area contributed by atoms with E-state index in [1.807, 2.05) is 0 Å². The predicted molar refractivity (Wildman–Crippen MR) is 24.3 cm³/mol. The molecule has 1 nitrogen and oxygen atoms in total. The number of halogens is 1. The van der Waals surface area contributed by atoms with Gasteiger partial charge in [0.25, 0.3) is 0 Å². The van der Waals surface area contributed by atoms with Gasteiger partial charge in [-0.1, -0.05) is 0 Å². The molecule has 0 fully saturated rings. The van der Waals surface area contributed by atoms with Crippen LogP contribution in [-0.2, 0) is 4.79 Å². The van der Waals surface area contributed by atoms with Crippen molar-refractivity contribution in [3.8, 4) is 0 Å². The summed E-state index contributed by atoms with van der Waals surface area (Å²) in [7, 11) is 0. The second kappa shape index (κ2) is 1.91. The second-order valence-electron chi connectivity index (χ2n) is 0.957. The highest BCUT2D eigenvalue weighted by atomic mass is 35.5. The van der Waals surface area contributed by atoms with E-state index in [2.05, 4.69) is 0 Å². The van der Waals surface area contributed by atoms with Gasteiger partial charge in [-0.05, 0) is 0 Å². The Morgan fingerprint density at radius 3 is 2.00 bits per heavy atom. The van der Waals surface area contributed by atoms with Crippen molar-refractivity contribution >= 4 is 16.8 Å². The fraction of sp³-hybridized carbons (Fsp3) is 0.250. The lowest BCUT2D eigenvalue weighted by Crippen LogP contribution is -1.81. The molecule has 0 rings (SSSR count). The van der Waals surface area contributed by atoms with Crippen LogP contribution in [0.15, 0.2) is 5.57 Å². The summed E-state index contributed by atoms with van der Waals surface area (Å²) < 4.78 is 0. The molecule has 0 unspecified atom stereocenters. The van der Waals surface area contributed by atoms with Gasteiger partial charge in [0.1, 0.15) is 0 Å². The molecule has 0 spiro atoms. The molecule has 0 aromatic rings. The number of hydrogen-bond donors (Lipinski definition) is 0. The maximum atomic E-state index is 9.75. The van der Waals surface area contributed by atoms with Crippen LogP contribution < -0.4 is 0 Å². The highest BCUT2D eigenvalue weighted by Crippen LogP contribution is 1.90. The van der Waals surface area contributed by atoms with Gasteiger partial charge in [-0.2, -0.15) is 4.79 Å². The lowest BCUT2D eigenvalue weighted by atomic mass is 10.4. The minimum atomic E-state index is -0.574. The average molecular weight is 104 g/mol. The third-order valence-electron chi connectivity index (χ3n) is 0.310. The first kappa shape index (κ1) is 5.61. The van der Waals surface area contributed by atoms with Crippen molar-refractivity contribution < 1.29 is 4.79 Å². The number of allylic oxidation sites excluding steroid dienone is 1. The molecular weight excluding hydrogens is 99.5 g/mol. The highest BCUT2D eigenvalue weighted by Gasteiger charge is 2.06. The van der Waals surface area contributed by atoms with Gasteiger partial charge in [-0.15, -0.1) is 0 Å². The molecular formula is C4H4ClO+. The van der Waals surface area contributed by atoms with Crippen molar-refractivity contribution in [1.29, 1.82) is 0 Å². The van der Waals surface area contributed by atoms with E-state index in [4.69, 9.17) is 18.2 Å². The van der Waals surface area contributed by atoms with Gasteiger partial charge in [0.15, 0.2) is 0 Å². The van der Waals surface area contributed by atoms with Gasteiger partial charge in [0.05, 0.1) is 18.2 Å². The van der Waals surface area contributed by atoms with E-state index >= 15 is 0 Å². The van der Waals surface area contributed by atoms with E-state index in [9.17, 15) is 4.79 Å². The van der Waals surface area contributed by atoms with Crippen molar-refractivity contribution in [3.63, 3.8) is 0 Å². The smallest absolute Gasteiger partial charge is 0.155 e. The van der Waals surface area contributed by atoms with Crippen LogP contribution in [0, 0.1) is 6.58 Å². The number of rotatable bonds is 1. The van der Waals surface area contributed by atoms with Crippen molar-refractivity contribution in [1.82, 2.24) is 0 Å². The van der Waals surface area contributed by atoms with Crippen molar-refractivity contribution in [2.45, 2.75) is 6.92 Å². The summed E-state index contributed by atoms with van der Waals surface area (Å²) in [5.41, 5.74) is 0.136. The Balaban J connectivity index is 3.57. The molecule has 0 radical (unpaired) electrons. The molecule has 0 aromatic heterocycles. The number of hydrogen-bond acceptors (Lipinski definition) is 1. The molecule has 0 aliphatic heterocycles. The quantitative estimate of drug-likeness (QED) is 0.276. The van der Waals surface area contributed by atoms with Crippen molar-refractivity contribution in [3.05, 3.63) is 12.2 Å². The lowest BCUT2D eigenvalue weighted by molar-refractivity contribution is -0.108. The van der Waals surface area contributed by atoms with Gasteiger partial charge in [-0.3, -0.25) is 0 Å². The Labute approximate surface area is 41.6 Å². The first-order valence-corrected chi connectivity index (χ1v) is 1.81. The van der Waals surface area contributed by atoms with E-state index in [-0.39, 0.29) is 5.57 Å². The van der Waals surface area contributed by atoms with E-state index in [1.165, 1.54) is 6.92 Å². The summed E-state index contributed by atoms with van der Waals surface area (Å²) in [5, 5.41) is -0.574. The highest BCUT2D eigenvalue weighted by molar-refractivity contribution is 6.67. The van der Waals surface area contributed by atoms with Crippen LogP contribution in [0.2, 0.25) is 0 Å². The fourth-order valence-electron chi connectivity index (χ4n) is 0. The zero-order valence-corrected chi connectivity index (χ0v) is 4.12. The number of carbonyl (C=O) groups excluding carboxylic acids is 1. The molecule has 0 aromatic carbocycles. The molecule has 0 saturated heterocycles. The second-order valence-corrected chi connectivity index (χ2v) is 1.30. The van der Waals surface area contributed by atoms with Crippen molar-refractivity contribution in [2.75, 3.05) is 0 Å². The summed E-state index contributed by atoms with van der Waals surface area (Å²) >= 11 is 4.81. The monoisotopic (exact) mass is 103 g/mol. The van der Waals surface area contributed by atoms with Crippen LogP contribution in [0.25, 0.3) is 0 Å². The van der Waals surface area contributed by atoms with E-state index in [0.717, 1.165) is 0 Å². The molecule has 0 N–H and O–H groups in total. The summed E-state index contributed by atoms with van der Waals surface area (Å²) in [6, 6.07) is 0. The molecule has 0 atom stereocenters. The van der Waals surface area contributed by atoms with Gasteiger partial charge in [0, 0.05) is 6.92 Å². The largest absolute Gasteiger partial charge is 0.402 e. The Morgan fingerprint density at radius 1 is 1.83 bits per heavy atom. The molecule has 0 aliphatic rings. The maximum Gasteiger partial charge on any atom is 0.402 e. The minimum Gasteiger partial charge on any atom is -0.155 e. The van der Waals surface area contributed by atoms with Gasteiger partial charge in [-0.25, -0.2) is 0 Å². The van der Waals surface area contributed by atoms with Gasteiger partial charge < -0.3 is 0 Å². The minimum absolute atomic E-state index is 0.136. The molecule has 0 amide bonds. The van der Waals surface area contributed by atoms with Gasteiger partial charge in [0.2, 0.25) is 5.57 Å². The summed E-state index contributed by atoms with van der Waals surface area (Å²) in [6.45, 7) is 6.32. The summed E-state index contributed by atoms with van der Waals surface area (Å²) in [6.07, 6.45) is 0. The normalized spacial score (nSPS) is 7.50. The van der Waals surface area contributed by atoms with E-state index in [1.54, 1.807) is 0 Å². The molecule has 0 bridgehead atoms. The Hall–Kier alpha value is -0.390. The third-order valence-corrected chi connectivity index (χ3v) is 0.608. The fourth-order valence-corrected chi connectivity index (χ4v) is 0. The molecule has 0 heterocycles. The average Bonchev–Trinajstić information content (AvgIpc) is 1.36. The lowest BCUT2D eigenvalue weighted by Gasteiger charge is -1.61. The van der Waals surface area contributed by atoms with Crippen LogP contribution in [0.3, 0.4) is 0 Å². The zero-order chi connectivity index (χ0) is 5.15. The number of carbonyl (C=O) groups is 1. The Bertz CT molecular complexity index is 73.5. The first-order chi connectivity index (χ1) is 2.64. The topological polar surface area (TPSA) is 17.1 Å². The van der Waals surface area contributed by atoms with Crippen LogP contribution in [0.5, 0.6) is 0 Å². The van der Waals surface area contributed by atoms with Gasteiger partial charge >= 0.3 is 5.24 Å².